The molecule has 2 aliphatic rings. The molecule has 1 N–H and O–H groups in total. The van der Waals surface area contributed by atoms with Crippen molar-refractivity contribution in [1.29, 1.82) is 0 Å². The Balaban J connectivity index is 1.52. The summed E-state index contributed by atoms with van der Waals surface area (Å²) in [6, 6.07) is 2.58. The van der Waals surface area contributed by atoms with Crippen molar-refractivity contribution in [2.75, 3.05) is 31.6 Å². The molecule has 0 spiro atoms. The lowest BCUT2D eigenvalue weighted by Gasteiger charge is -2.42. The zero-order chi connectivity index (χ0) is 14.7. The Morgan fingerprint density at radius 2 is 2.33 bits per heavy atom. The number of morpholine rings is 1. The highest BCUT2D eigenvalue weighted by molar-refractivity contribution is 5.33. The molecule has 2 aliphatic heterocycles. The number of rotatable bonds is 4. The molecule has 1 aromatic heterocycles. The van der Waals surface area contributed by atoms with Gasteiger partial charge in [-0.1, -0.05) is 20.3 Å². The van der Waals surface area contributed by atoms with E-state index in [0.717, 1.165) is 31.3 Å². The Morgan fingerprint density at radius 3 is 3.19 bits per heavy atom. The first-order valence-corrected chi connectivity index (χ1v) is 8.15. The van der Waals surface area contributed by atoms with Gasteiger partial charge in [-0.2, -0.15) is 0 Å². The minimum atomic E-state index is 0.261. The smallest absolute Gasteiger partial charge is 0.133 e. The molecule has 0 aliphatic carbocycles. The van der Waals surface area contributed by atoms with Gasteiger partial charge in [-0.3, -0.25) is 4.90 Å². The summed E-state index contributed by atoms with van der Waals surface area (Å²) in [7, 11) is 0. The Bertz CT molecular complexity index is 465. The van der Waals surface area contributed by atoms with Gasteiger partial charge in [0.25, 0.3) is 0 Å². The fraction of sp³-hybridized carbons (Fsp3) is 0.750. The summed E-state index contributed by atoms with van der Waals surface area (Å²) >= 11 is 0. The van der Waals surface area contributed by atoms with Crippen molar-refractivity contribution in [3.8, 4) is 0 Å². The maximum absolute atomic E-state index is 6.00. The molecule has 0 amide bonds. The number of nitrogens with one attached hydrogen (secondary N) is 1. The van der Waals surface area contributed by atoms with Gasteiger partial charge in [-0.05, 0) is 25.5 Å². The van der Waals surface area contributed by atoms with Gasteiger partial charge in [-0.15, -0.1) is 0 Å². The molecule has 2 unspecified atom stereocenters. The minimum Gasteiger partial charge on any atom is -0.373 e. The van der Waals surface area contributed by atoms with Crippen molar-refractivity contribution in [1.82, 2.24) is 14.9 Å². The van der Waals surface area contributed by atoms with Crippen molar-refractivity contribution >= 4 is 5.82 Å². The topological polar surface area (TPSA) is 50.3 Å². The molecule has 21 heavy (non-hydrogen) atoms. The van der Waals surface area contributed by atoms with Gasteiger partial charge in [0, 0.05) is 31.2 Å². The third-order valence-corrected chi connectivity index (χ3v) is 4.41. The quantitative estimate of drug-likeness (QED) is 0.922. The molecule has 1 aromatic rings. The first-order chi connectivity index (χ1) is 10.2. The predicted octanol–water partition coefficient (Wildman–Crippen LogP) is 2.27. The van der Waals surface area contributed by atoms with Gasteiger partial charge in [0.15, 0.2) is 0 Å². The molecule has 0 radical (unpaired) electrons. The SMILES string of the molecule is CC(C)c1nccc(NCC2CN3CCCCC3CO2)n1. The summed E-state index contributed by atoms with van der Waals surface area (Å²) in [5, 5.41) is 3.40. The Labute approximate surface area is 127 Å². The lowest BCUT2D eigenvalue weighted by Crippen LogP contribution is -2.53. The van der Waals surface area contributed by atoms with E-state index in [-0.39, 0.29) is 6.10 Å². The van der Waals surface area contributed by atoms with Crippen LogP contribution in [0.25, 0.3) is 0 Å². The summed E-state index contributed by atoms with van der Waals surface area (Å²) in [6.45, 7) is 8.19. The maximum atomic E-state index is 6.00. The lowest BCUT2D eigenvalue weighted by molar-refractivity contribution is -0.0689. The van der Waals surface area contributed by atoms with Crippen molar-refractivity contribution in [3.05, 3.63) is 18.1 Å². The van der Waals surface area contributed by atoms with Gasteiger partial charge in [0.2, 0.25) is 0 Å². The second-order valence-corrected chi connectivity index (χ2v) is 6.44. The molecule has 2 atom stereocenters. The van der Waals surface area contributed by atoms with E-state index in [1.165, 1.54) is 25.8 Å². The highest BCUT2D eigenvalue weighted by Gasteiger charge is 2.30. The van der Waals surface area contributed by atoms with E-state index in [4.69, 9.17) is 4.74 Å². The third-order valence-electron chi connectivity index (χ3n) is 4.41. The van der Waals surface area contributed by atoms with Crippen LogP contribution in [0.2, 0.25) is 0 Å². The predicted molar refractivity (Wildman–Crippen MR) is 83.6 cm³/mol. The van der Waals surface area contributed by atoms with Crippen LogP contribution in [-0.2, 0) is 4.74 Å². The molecule has 3 heterocycles. The second-order valence-electron chi connectivity index (χ2n) is 6.44. The molecule has 3 rings (SSSR count). The Hall–Kier alpha value is -1.20. The van der Waals surface area contributed by atoms with Gasteiger partial charge in [0.1, 0.15) is 11.6 Å². The summed E-state index contributed by atoms with van der Waals surface area (Å²) in [6.07, 6.45) is 6.07. The molecular formula is C16H26N4O. The van der Waals surface area contributed by atoms with Gasteiger partial charge in [-0.25, -0.2) is 9.97 Å². The summed E-state index contributed by atoms with van der Waals surface area (Å²) in [5.41, 5.74) is 0. The fourth-order valence-electron chi connectivity index (χ4n) is 3.14. The molecule has 0 saturated carbocycles. The highest BCUT2D eigenvalue weighted by Crippen LogP contribution is 2.22. The van der Waals surface area contributed by atoms with Crippen LogP contribution < -0.4 is 5.32 Å². The van der Waals surface area contributed by atoms with Crippen LogP contribution in [0.3, 0.4) is 0 Å². The normalized spacial score (nSPS) is 26.6. The minimum absolute atomic E-state index is 0.261. The summed E-state index contributed by atoms with van der Waals surface area (Å²) in [5.74, 6) is 2.14. The Morgan fingerprint density at radius 1 is 1.43 bits per heavy atom. The number of nitrogens with zero attached hydrogens (tertiary/aromatic N) is 3. The average molecular weight is 290 g/mol. The molecule has 5 heteroatoms. The highest BCUT2D eigenvalue weighted by atomic mass is 16.5. The third kappa shape index (κ3) is 3.71. The van der Waals surface area contributed by atoms with Crippen LogP contribution in [0.4, 0.5) is 5.82 Å². The summed E-state index contributed by atoms with van der Waals surface area (Å²) < 4.78 is 6.00. The van der Waals surface area contributed by atoms with Crippen LogP contribution in [-0.4, -0.2) is 53.3 Å². The van der Waals surface area contributed by atoms with E-state index in [0.29, 0.717) is 12.0 Å². The van der Waals surface area contributed by atoms with Crippen molar-refractivity contribution < 1.29 is 4.74 Å². The first kappa shape index (κ1) is 14.7. The van der Waals surface area contributed by atoms with E-state index in [9.17, 15) is 0 Å². The summed E-state index contributed by atoms with van der Waals surface area (Å²) in [4.78, 5) is 11.4. The average Bonchev–Trinajstić information content (AvgIpc) is 2.53. The van der Waals surface area contributed by atoms with Gasteiger partial charge < -0.3 is 10.1 Å². The fourth-order valence-corrected chi connectivity index (χ4v) is 3.14. The molecule has 5 nitrogen and oxygen atoms in total. The molecule has 0 aromatic carbocycles. The lowest BCUT2D eigenvalue weighted by atomic mass is 10.0. The number of hydrogen-bond donors (Lipinski definition) is 1. The number of anilines is 1. The number of ether oxygens (including phenoxy) is 1. The number of fused-ring (bicyclic) bond motifs is 1. The molecule has 2 fully saturated rings. The maximum Gasteiger partial charge on any atom is 0.133 e. The molecule has 0 bridgehead atoms. The number of piperidine rings is 1. The second kappa shape index (κ2) is 6.71. The van der Waals surface area contributed by atoms with Crippen LogP contribution in [0, 0.1) is 0 Å². The van der Waals surface area contributed by atoms with Crippen molar-refractivity contribution in [2.45, 2.75) is 51.2 Å². The van der Waals surface area contributed by atoms with Crippen LogP contribution in [0.5, 0.6) is 0 Å². The van der Waals surface area contributed by atoms with Crippen LogP contribution in [0.1, 0.15) is 44.9 Å². The van der Waals surface area contributed by atoms with E-state index >= 15 is 0 Å². The van der Waals surface area contributed by atoms with Gasteiger partial charge >= 0.3 is 0 Å². The number of aromatic nitrogens is 2. The van der Waals surface area contributed by atoms with E-state index in [2.05, 4.69) is 34.0 Å². The zero-order valence-electron chi connectivity index (χ0n) is 13.1. The van der Waals surface area contributed by atoms with Crippen molar-refractivity contribution in [2.24, 2.45) is 0 Å². The van der Waals surface area contributed by atoms with Crippen molar-refractivity contribution in [3.63, 3.8) is 0 Å². The first-order valence-electron chi connectivity index (χ1n) is 8.15. The largest absolute Gasteiger partial charge is 0.373 e. The van der Waals surface area contributed by atoms with E-state index in [1.54, 1.807) is 0 Å². The van der Waals surface area contributed by atoms with Gasteiger partial charge in [0.05, 0.1) is 12.7 Å². The van der Waals surface area contributed by atoms with E-state index < -0.39 is 0 Å². The standard InChI is InChI=1S/C16H26N4O/c1-12(2)16-17-7-6-15(19-16)18-9-14-10-20-8-4-3-5-13(20)11-21-14/h6-7,12-14H,3-5,8-11H2,1-2H3,(H,17,18,19). The molecule has 2 saturated heterocycles. The van der Waals surface area contributed by atoms with Crippen LogP contribution in [0.15, 0.2) is 12.3 Å². The van der Waals surface area contributed by atoms with Crippen LogP contribution >= 0.6 is 0 Å². The molecule has 116 valence electrons. The van der Waals surface area contributed by atoms with E-state index in [1.807, 2.05) is 12.3 Å². The molecular weight excluding hydrogens is 264 g/mol. The Kier molecular flexibility index (Phi) is 4.70. The number of hydrogen-bond acceptors (Lipinski definition) is 5. The zero-order valence-corrected chi connectivity index (χ0v) is 13.1. The monoisotopic (exact) mass is 290 g/mol.